The quantitative estimate of drug-likeness (QED) is 0.808. The zero-order valence-corrected chi connectivity index (χ0v) is 9.83. The highest BCUT2D eigenvalue weighted by atomic mass is 32.1. The Morgan fingerprint density at radius 1 is 1.31 bits per heavy atom. The van der Waals surface area contributed by atoms with E-state index in [1.165, 1.54) is 11.5 Å². The molecule has 2 rings (SSSR count). The Morgan fingerprint density at radius 2 is 2.06 bits per heavy atom. The van der Waals surface area contributed by atoms with Gasteiger partial charge in [0.05, 0.1) is 6.54 Å². The number of hydroxylamine groups is 2. The Balaban J connectivity index is 2.26. The molecule has 0 saturated heterocycles. The smallest absolute Gasteiger partial charge is 0.116 e. The number of quaternary nitrogens is 1. The van der Waals surface area contributed by atoms with Crippen LogP contribution in [0.5, 0.6) is 0 Å². The summed E-state index contributed by atoms with van der Waals surface area (Å²) < 4.78 is 3.93. The normalized spacial score (nSPS) is 12.6. The molecule has 5 heteroatoms. The molecule has 0 aliphatic heterocycles. The third-order valence-corrected chi connectivity index (χ3v) is 3.08. The van der Waals surface area contributed by atoms with Gasteiger partial charge in [-0.2, -0.15) is 0 Å². The Bertz CT molecular complexity index is 444. The average molecular weight is 235 g/mol. The molecule has 0 bridgehead atoms. The molecule has 0 fully saturated rings. The van der Waals surface area contributed by atoms with Crippen molar-refractivity contribution in [2.24, 2.45) is 0 Å². The van der Waals surface area contributed by atoms with Crippen molar-refractivity contribution in [3.8, 4) is 11.3 Å². The topological polar surface area (TPSA) is 53.3 Å². The van der Waals surface area contributed by atoms with E-state index in [1.807, 2.05) is 37.3 Å². The zero-order valence-electron chi connectivity index (χ0n) is 9.01. The van der Waals surface area contributed by atoms with E-state index in [-0.39, 0.29) is 5.06 Å². The summed E-state index contributed by atoms with van der Waals surface area (Å²) in [6, 6.07) is 9.84. The van der Waals surface area contributed by atoms with Gasteiger partial charge in [0.2, 0.25) is 0 Å². The lowest BCUT2D eigenvalue weighted by molar-refractivity contribution is -0.860. The van der Waals surface area contributed by atoms with Gasteiger partial charge in [0, 0.05) is 5.56 Å². The molecule has 0 radical (unpaired) electrons. The number of rotatable bonds is 4. The van der Waals surface area contributed by atoms with E-state index in [4.69, 9.17) is 0 Å². The SMILES string of the molecule is CC[NH+]([O-])Cc1snnc1-c1ccccc1. The summed E-state index contributed by atoms with van der Waals surface area (Å²) in [7, 11) is 0. The summed E-state index contributed by atoms with van der Waals surface area (Å²) >= 11 is 1.31. The van der Waals surface area contributed by atoms with E-state index in [9.17, 15) is 5.21 Å². The van der Waals surface area contributed by atoms with Crippen LogP contribution in [-0.2, 0) is 6.54 Å². The lowest BCUT2D eigenvalue weighted by atomic mass is 10.1. The summed E-state index contributed by atoms with van der Waals surface area (Å²) in [4.78, 5) is 0.957. The van der Waals surface area contributed by atoms with E-state index in [1.54, 1.807) is 0 Å². The highest BCUT2D eigenvalue weighted by molar-refractivity contribution is 7.05. The molecule has 16 heavy (non-hydrogen) atoms. The zero-order chi connectivity index (χ0) is 11.4. The van der Waals surface area contributed by atoms with Crippen molar-refractivity contribution in [3.63, 3.8) is 0 Å². The number of aromatic nitrogens is 2. The molecule has 0 amide bonds. The molecule has 0 saturated carbocycles. The molecular weight excluding hydrogens is 222 g/mol. The van der Waals surface area contributed by atoms with Crippen LogP contribution in [0.2, 0.25) is 0 Å². The first-order valence-corrected chi connectivity index (χ1v) is 5.97. The molecule has 1 N–H and O–H groups in total. The fourth-order valence-corrected chi connectivity index (χ4v) is 2.14. The number of benzene rings is 1. The van der Waals surface area contributed by atoms with E-state index in [0.717, 1.165) is 16.1 Å². The van der Waals surface area contributed by atoms with Crippen LogP contribution in [0.25, 0.3) is 11.3 Å². The molecule has 0 aliphatic rings. The van der Waals surface area contributed by atoms with Crippen LogP contribution in [-0.4, -0.2) is 16.1 Å². The van der Waals surface area contributed by atoms with E-state index < -0.39 is 0 Å². The maximum Gasteiger partial charge on any atom is 0.116 e. The predicted octanol–water partition coefficient (Wildman–Crippen LogP) is 1.11. The van der Waals surface area contributed by atoms with Gasteiger partial charge in [0.1, 0.15) is 17.1 Å². The van der Waals surface area contributed by atoms with Gasteiger partial charge in [-0.25, -0.2) is 0 Å². The van der Waals surface area contributed by atoms with Crippen LogP contribution in [0.15, 0.2) is 30.3 Å². The molecule has 0 spiro atoms. The molecule has 1 heterocycles. The Labute approximate surface area is 98.3 Å². The maximum absolute atomic E-state index is 11.4. The van der Waals surface area contributed by atoms with Crippen molar-refractivity contribution in [1.29, 1.82) is 0 Å². The Kier molecular flexibility index (Phi) is 3.61. The highest BCUT2D eigenvalue weighted by Crippen LogP contribution is 2.22. The Morgan fingerprint density at radius 3 is 2.75 bits per heavy atom. The first-order valence-electron chi connectivity index (χ1n) is 5.19. The van der Waals surface area contributed by atoms with Gasteiger partial charge in [-0.15, -0.1) is 5.10 Å². The maximum atomic E-state index is 11.4. The summed E-state index contributed by atoms with van der Waals surface area (Å²) in [6.07, 6.45) is 0. The molecule has 2 aromatic rings. The first kappa shape index (κ1) is 11.2. The van der Waals surface area contributed by atoms with Crippen molar-refractivity contribution < 1.29 is 5.06 Å². The van der Waals surface area contributed by atoms with Gasteiger partial charge in [0.25, 0.3) is 0 Å². The van der Waals surface area contributed by atoms with Crippen LogP contribution >= 0.6 is 11.5 Å². The summed E-state index contributed by atoms with van der Waals surface area (Å²) in [5.74, 6) is 0. The molecular formula is C11H13N3OS. The molecule has 1 aromatic heterocycles. The summed E-state index contributed by atoms with van der Waals surface area (Å²) in [6.45, 7) is 2.88. The first-order chi connectivity index (χ1) is 7.81. The minimum Gasteiger partial charge on any atom is -0.634 e. The minimum atomic E-state index is 0.225. The molecule has 84 valence electrons. The summed E-state index contributed by atoms with van der Waals surface area (Å²) in [5, 5.41) is 15.7. The number of hydrogen-bond donors (Lipinski definition) is 1. The number of nitrogens with one attached hydrogen (secondary N) is 1. The van der Waals surface area contributed by atoms with Gasteiger partial charge < -0.3 is 10.3 Å². The van der Waals surface area contributed by atoms with Crippen molar-refractivity contribution in [2.45, 2.75) is 13.5 Å². The minimum absolute atomic E-state index is 0.225. The third kappa shape index (κ3) is 2.44. The average Bonchev–Trinajstić information content (AvgIpc) is 2.78. The van der Waals surface area contributed by atoms with Crippen LogP contribution in [0.3, 0.4) is 0 Å². The lowest BCUT2D eigenvalue weighted by Crippen LogP contribution is -3.05. The molecule has 4 nitrogen and oxygen atoms in total. The molecule has 0 aliphatic carbocycles. The Hall–Kier alpha value is -1.30. The number of hydrogen-bond acceptors (Lipinski definition) is 4. The second kappa shape index (κ2) is 5.16. The van der Waals surface area contributed by atoms with Gasteiger partial charge in [0.15, 0.2) is 0 Å². The van der Waals surface area contributed by atoms with E-state index in [0.29, 0.717) is 13.1 Å². The van der Waals surface area contributed by atoms with E-state index in [2.05, 4.69) is 9.59 Å². The van der Waals surface area contributed by atoms with Crippen molar-refractivity contribution in [1.82, 2.24) is 9.59 Å². The van der Waals surface area contributed by atoms with E-state index >= 15 is 0 Å². The highest BCUT2D eigenvalue weighted by Gasteiger charge is 2.12. The molecule has 1 unspecified atom stereocenters. The van der Waals surface area contributed by atoms with Gasteiger partial charge in [-0.05, 0) is 18.5 Å². The molecule has 1 atom stereocenters. The van der Waals surface area contributed by atoms with Gasteiger partial charge in [-0.3, -0.25) is 0 Å². The van der Waals surface area contributed by atoms with Crippen molar-refractivity contribution in [2.75, 3.05) is 6.54 Å². The third-order valence-electron chi connectivity index (χ3n) is 2.36. The van der Waals surface area contributed by atoms with Gasteiger partial charge >= 0.3 is 0 Å². The lowest BCUT2D eigenvalue weighted by Gasteiger charge is -2.19. The predicted molar refractivity (Wildman–Crippen MR) is 63.9 cm³/mol. The fraction of sp³-hybridized carbons (Fsp3) is 0.273. The number of nitrogens with zero attached hydrogens (tertiary/aromatic N) is 2. The van der Waals surface area contributed by atoms with Crippen LogP contribution in [0, 0.1) is 5.21 Å². The van der Waals surface area contributed by atoms with Crippen LogP contribution in [0.4, 0.5) is 0 Å². The standard InChI is InChI=1S/C11H13N3OS/c1-2-14(15)8-10-11(12-13-16-10)9-6-4-3-5-7-9/h3-7,14H,2,8H2,1H3. The van der Waals surface area contributed by atoms with Crippen LogP contribution < -0.4 is 5.06 Å². The second-order valence-electron chi connectivity index (χ2n) is 3.48. The largest absolute Gasteiger partial charge is 0.634 e. The van der Waals surface area contributed by atoms with Crippen LogP contribution in [0.1, 0.15) is 11.8 Å². The van der Waals surface area contributed by atoms with Gasteiger partial charge in [-0.1, -0.05) is 34.8 Å². The monoisotopic (exact) mass is 235 g/mol. The van der Waals surface area contributed by atoms with Crippen molar-refractivity contribution in [3.05, 3.63) is 40.4 Å². The second-order valence-corrected chi connectivity index (χ2v) is 4.32. The fourth-order valence-electron chi connectivity index (χ4n) is 1.44. The molecule has 1 aromatic carbocycles. The summed E-state index contributed by atoms with van der Waals surface area (Å²) in [5.41, 5.74) is 1.86. The van der Waals surface area contributed by atoms with Crippen molar-refractivity contribution >= 4 is 11.5 Å².